The maximum absolute atomic E-state index is 12.4. The van der Waals surface area contributed by atoms with Crippen LogP contribution in [0.4, 0.5) is 5.69 Å². The summed E-state index contributed by atoms with van der Waals surface area (Å²) < 4.78 is 11.0. The average molecular weight is 448 g/mol. The molecule has 4 rings (SSSR count). The minimum Gasteiger partial charge on any atom is -0.440 e. The summed E-state index contributed by atoms with van der Waals surface area (Å²) in [5.41, 5.74) is 7.67. The zero-order valence-corrected chi connectivity index (χ0v) is 17.1. The second-order valence-electron chi connectivity index (χ2n) is 6.87. The lowest BCUT2D eigenvalue weighted by Gasteiger charge is -2.26. The molecule has 1 aliphatic rings. The summed E-state index contributed by atoms with van der Waals surface area (Å²) in [5, 5.41) is 20.9. The standard InChI is InChI=1S/C23H14ClN3O5/c24-15-3-1-2-14(10-15)21-18-9-8-17(11-20(18)32-22(26)19(21)12-25)31-23(28)13-4-6-16(7-5-13)27(29)30/h1-11,21H,26H2. The number of benzene rings is 3. The Balaban J connectivity index is 1.65. The quantitative estimate of drug-likeness (QED) is 0.266. The molecule has 0 amide bonds. The van der Waals surface area contributed by atoms with Gasteiger partial charge in [0, 0.05) is 28.8 Å². The van der Waals surface area contributed by atoms with E-state index >= 15 is 0 Å². The van der Waals surface area contributed by atoms with E-state index in [1.54, 1.807) is 30.3 Å². The Labute approximate surface area is 187 Å². The zero-order chi connectivity index (χ0) is 22.8. The number of allylic oxidation sites excluding steroid dienone is 1. The van der Waals surface area contributed by atoms with Crippen molar-refractivity contribution in [2.75, 3.05) is 0 Å². The van der Waals surface area contributed by atoms with E-state index in [1.165, 1.54) is 30.3 Å². The third-order valence-corrected chi connectivity index (χ3v) is 5.13. The Morgan fingerprint density at radius 3 is 2.56 bits per heavy atom. The number of carbonyl (C=O) groups is 1. The van der Waals surface area contributed by atoms with Crippen LogP contribution in [0.3, 0.4) is 0 Å². The van der Waals surface area contributed by atoms with Crippen LogP contribution in [-0.2, 0) is 0 Å². The summed E-state index contributed by atoms with van der Waals surface area (Å²) in [4.78, 5) is 22.6. The molecular weight excluding hydrogens is 434 g/mol. The molecule has 1 atom stereocenters. The number of nitriles is 1. The molecular formula is C23H14ClN3O5. The first-order valence-corrected chi connectivity index (χ1v) is 9.69. The summed E-state index contributed by atoms with van der Waals surface area (Å²) in [6.45, 7) is 0. The van der Waals surface area contributed by atoms with Gasteiger partial charge >= 0.3 is 5.97 Å². The second-order valence-corrected chi connectivity index (χ2v) is 7.31. The van der Waals surface area contributed by atoms with Gasteiger partial charge in [-0.25, -0.2) is 4.79 Å². The van der Waals surface area contributed by atoms with Crippen LogP contribution in [0.15, 0.2) is 78.2 Å². The minimum atomic E-state index is -0.691. The van der Waals surface area contributed by atoms with Crippen molar-refractivity contribution in [3.63, 3.8) is 0 Å². The van der Waals surface area contributed by atoms with Crippen molar-refractivity contribution in [1.82, 2.24) is 0 Å². The van der Waals surface area contributed by atoms with Crippen LogP contribution in [-0.4, -0.2) is 10.9 Å². The highest BCUT2D eigenvalue weighted by Gasteiger charge is 2.31. The minimum absolute atomic E-state index is 0.0520. The number of nitro groups is 1. The molecule has 2 N–H and O–H groups in total. The number of rotatable bonds is 4. The molecule has 0 fully saturated rings. The Morgan fingerprint density at radius 1 is 1.16 bits per heavy atom. The Hall–Kier alpha value is -4.35. The largest absolute Gasteiger partial charge is 0.440 e. The molecule has 0 aromatic heterocycles. The van der Waals surface area contributed by atoms with Crippen molar-refractivity contribution in [2.45, 2.75) is 5.92 Å². The van der Waals surface area contributed by atoms with Crippen LogP contribution < -0.4 is 15.2 Å². The van der Waals surface area contributed by atoms with Crippen molar-refractivity contribution in [1.29, 1.82) is 5.26 Å². The molecule has 1 unspecified atom stereocenters. The van der Waals surface area contributed by atoms with Gasteiger partial charge in [0.1, 0.15) is 23.1 Å². The lowest BCUT2D eigenvalue weighted by Crippen LogP contribution is -2.21. The van der Waals surface area contributed by atoms with Gasteiger partial charge in [0.15, 0.2) is 0 Å². The summed E-state index contributed by atoms with van der Waals surface area (Å²) in [6.07, 6.45) is 0. The van der Waals surface area contributed by atoms with Gasteiger partial charge in [-0.2, -0.15) is 5.26 Å². The summed E-state index contributed by atoms with van der Waals surface area (Å²) >= 11 is 6.13. The van der Waals surface area contributed by atoms with Crippen LogP contribution in [0.25, 0.3) is 0 Å². The van der Waals surface area contributed by atoms with Gasteiger partial charge in [0.05, 0.1) is 16.4 Å². The van der Waals surface area contributed by atoms with Crippen LogP contribution in [0, 0.1) is 21.4 Å². The number of fused-ring (bicyclic) bond motifs is 1. The first kappa shape index (κ1) is 20.9. The Morgan fingerprint density at radius 2 is 1.91 bits per heavy atom. The molecule has 0 saturated heterocycles. The number of nitrogens with two attached hydrogens (primary N) is 1. The number of nitrogens with zero attached hydrogens (tertiary/aromatic N) is 2. The van der Waals surface area contributed by atoms with E-state index < -0.39 is 16.8 Å². The van der Waals surface area contributed by atoms with Crippen LogP contribution in [0.2, 0.25) is 5.02 Å². The fourth-order valence-electron chi connectivity index (χ4n) is 3.41. The van der Waals surface area contributed by atoms with Crippen molar-refractivity contribution in [3.05, 3.63) is 110 Å². The van der Waals surface area contributed by atoms with Gasteiger partial charge in [-0.1, -0.05) is 29.8 Å². The van der Waals surface area contributed by atoms with E-state index in [2.05, 4.69) is 6.07 Å². The topological polar surface area (TPSA) is 128 Å². The van der Waals surface area contributed by atoms with Gasteiger partial charge in [0.2, 0.25) is 5.88 Å². The predicted molar refractivity (Wildman–Crippen MR) is 115 cm³/mol. The van der Waals surface area contributed by atoms with Crippen LogP contribution in [0.1, 0.15) is 27.4 Å². The van der Waals surface area contributed by atoms with E-state index in [0.29, 0.717) is 16.3 Å². The number of hydrogen-bond donors (Lipinski definition) is 1. The number of non-ortho nitro benzene ring substituents is 1. The van der Waals surface area contributed by atoms with Crippen molar-refractivity contribution in [3.8, 4) is 17.6 Å². The number of nitro benzene ring substituents is 1. The predicted octanol–water partition coefficient (Wildman–Crippen LogP) is 4.69. The third-order valence-electron chi connectivity index (χ3n) is 4.90. The van der Waals surface area contributed by atoms with Gasteiger partial charge in [0.25, 0.3) is 5.69 Å². The van der Waals surface area contributed by atoms with E-state index in [0.717, 1.165) is 5.56 Å². The van der Waals surface area contributed by atoms with Gasteiger partial charge in [-0.15, -0.1) is 0 Å². The van der Waals surface area contributed by atoms with Crippen molar-refractivity contribution >= 4 is 23.3 Å². The zero-order valence-electron chi connectivity index (χ0n) is 16.3. The second kappa shape index (κ2) is 8.41. The number of hydrogen-bond acceptors (Lipinski definition) is 7. The van der Waals surface area contributed by atoms with Gasteiger partial charge < -0.3 is 15.2 Å². The van der Waals surface area contributed by atoms with Gasteiger partial charge in [-0.05, 0) is 35.9 Å². The average Bonchev–Trinajstić information content (AvgIpc) is 2.78. The monoisotopic (exact) mass is 447 g/mol. The molecule has 0 spiro atoms. The van der Waals surface area contributed by atoms with E-state index in [4.69, 9.17) is 26.8 Å². The molecule has 0 aliphatic carbocycles. The number of halogens is 1. The number of carbonyl (C=O) groups excluding carboxylic acids is 1. The van der Waals surface area contributed by atoms with Crippen LogP contribution >= 0.6 is 11.6 Å². The molecule has 0 bridgehead atoms. The van der Waals surface area contributed by atoms with E-state index in [-0.39, 0.29) is 28.5 Å². The lowest BCUT2D eigenvalue weighted by molar-refractivity contribution is -0.384. The van der Waals surface area contributed by atoms with E-state index in [1.807, 2.05) is 6.07 Å². The highest BCUT2D eigenvalue weighted by atomic mass is 35.5. The molecule has 1 aliphatic heterocycles. The third kappa shape index (κ3) is 3.97. The molecule has 1 heterocycles. The molecule has 0 radical (unpaired) electrons. The fraction of sp³-hybridized carbons (Fsp3) is 0.0435. The molecule has 158 valence electrons. The Kier molecular flexibility index (Phi) is 5.50. The summed E-state index contributed by atoms with van der Waals surface area (Å²) in [7, 11) is 0. The normalized spacial score (nSPS) is 14.7. The number of ether oxygens (including phenoxy) is 2. The van der Waals surface area contributed by atoms with Gasteiger partial charge in [-0.3, -0.25) is 10.1 Å². The van der Waals surface area contributed by atoms with Crippen molar-refractivity contribution < 1.29 is 19.2 Å². The Bertz CT molecular complexity index is 1310. The smallest absolute Gasteiger partial charge is 0.343 e. The summed E-state index contributed by atoms with van der Waals surface area (Å²) in [5.74, 6) is -0.723. The molecule has 32 heavy (non-hydrogen) atoms. The highest BCUT2D eigenvalue weighted by Crippen LogP contribution is 2.43. The highest BCUT2D eigenvalue weighted by molar-refractivity contribution is 6.30. The molecule has 3 aromatic carbocycles. The molecule has 0 saturated carbocycles. The molecule has 3 aromatic rings. The first-order chi connectivity index (χ1) is 15.4. The van der Waals surface area contributed by atoms with E-state index in [9.17, 15) is 20.2 Å². The van der Waals surface area contributed by atoms with Crippen molar-refractivity contribution in [2.24, 2.45) is 5.73 Å². The fourth-order valence-corrected chi connectivity index (χ4v) is 3.61. The lowest BCUT2D eigenvalue weighted by atomic mass is 9.83. The first-order valence-electron chi connectivity index (χ1n) is 9.31. The maximum atomic E-state index is 12.4. The SMILES string of the molecule is N#CC1=C(N)Oc2cc(OC(=O)c3ccc([N+](=O)[O-])cc3)ccc2C1c1cccc(Cl)c1. The summed E-state index contributed by atoms with van der Waals surface area (Å²) in [6, 6.07) is 19.0. The maximum Gasteiger partial charge on any atom is 0.343 e. The molecule has 8 nitrogen and oxygen atoms in total. The van der Waals surface area contributed by atoms with Crippen LogP contribution in [0.5, 0.6) is 11.5 Å². The molecule has 9 heteroatoms. The number of esters is 1.